The molecule has 2 N–H and O–H groups in total. The van der Waals surface area contributed by atoms with Gasteiger partial charge in [-0.3, -0.25) is 10.3 Å². The Balaban J connectivity index is 1.21. The Kier molecular flexibility index (Phi) is 8.29. The number of carbonyl (C=O) groups is 1. The van der Waals surface area contributed by atoms with Gasteiger partial charge in [0.05, 0.1) is 66.6 Å². The summed E-state index contributed by atoms with van der Waals surface area (Å²) in [5.74, 6) is -3.66. The van der Waals surface area contributed by atoms with E-state index in [1.807, 2.05) is 25.1 Å². The Morgan fingerprint density at radius 1 is 1.09 bits per heavy atom. The molecule has 5 aromatic rings. The van der Waals surface area contributed by atoms with E-state index < -0.39 is 42.9 Å². The summed E-state index contributed by atoms with van der Waals surface area (Å²) in [5, 5.41) is 12.6. The fourth-order valence-electron chi connectivity index (χ4n) is 5.00. The third kappa shape index (κ3) is 6.68. The first-order valence-electron chi connectivity index (χ1n) is 13.7. The van der Waals surface area contributed by atoms with Crippen LogP contribution in [-0.4, -0.2) is 69.6 Å². The van der Waals surface area contributed by atoms with Crippen LogP contribution in [0.4, 0.5) is 23.7 Å². The lowest BCUT2D eigenvalue weighted by molar-refractivity contribution is -0.00574. The number of rotatable bonds is 9. The highest BCUT2D eigenvalue weighted by Crippen LogP contribution is 2.41. The van der Waals surface area contributed by atoms with Gasteiger partial charge < -0.3 is 24.1 Å². The fourth-order valence-corrected chi connectivity index (χ4v) is 5.99. The topological polar surface area (TPSA) is 138 Å². The monoisotopic (exact) mass is 641 g/mol. The number of anilines is 1. The number of ether oxygens (including phenoxy) is 4. The van der Waals surface area contributed by atoms with Crippen LogP contribution < -0.4 is 19.5 Å². The van der Waals surface area contributed by atoms with E-state index in [4.69, 9.17) is 24.1 Å². The zero-order valence-electron chi connectivity index (χ0n) is 23.9. The Labute approximate surface area is 258 Å². The number of aliphatic hydroxyl groups is 1. The number of aryl methyl sites for hydroxylation is 1. The summed E-state index contributed by atoms with van der Waals surface area (Å²) in [6.07, 6.45) is -1.27. The first-order valence-corrected chi connectivity index (χ1v) is 14.5. The number of halogens is 3. The van der Waals surface area contributed by atoms with E-state index in [9.17, 15) is 13.6 Å². The van der Waals surface area contributed by atoms with Crippen LogP contribution in [-0.2, 0) is 4.74 Å². The van der Waals surface area contributed by atoms with E-state index >= 15 is 4.39 Å². The number of methoxy groups -OCH3 is 1. The molecule has 1 unspecified atom stereocenters. The first-order chi connectivity index (χ1) is 21.6. The van der Waals surface area contributed by atoms with Crippen molar-refractivity contribution in [2.24, 2.45) is 0 Å². The second-order valence-corrected chi connectivity index (χ2v) is 11.4. The third-order valence-electron chi connectivity index (χ3n) is 6.96. The minimum absolute atomic E-state index is 0.0127. The summed E-state index contributed by atoms with van der Waals surface area (Å²) in [7, 11) is 1.56. The molecule has 2 atom stereocenters. The van der Waals surface area contributed by atoms with Gasteiger partial charge in [-0.15, -0.1) is 11.3 Å². The van der Waals surface area contributed by atoms with Gasteiger partial charge in [0.25, 0.3) is 5.92 Å². The van der Waals surface area contributed by atoms with E-state index in [-0.39, 0.29) is 30.7 Å². The minimum atomic E-state index is -3.20. The molecule has 3 aromatic heterocycles. The molecule has 11 nitrogen and oxygen atoms in total. The normalized spacial score (nSPS) is 17.4. The average Bonchev–Trinajstić information content (AvgIpc) is 3.54. The van der Waals surface area contributed by atoms with Gasteiger partial charge in [-0.1, -0.05) is 0 Å². The van der Waals surface area contributed by atoms with Crippen molar-refractivity contribution in [3.05, 3.63) is 60.3 Å². The summed E-state index contributed by atoms with van der Waals surface area (Å²) < 4.78 is 66.1. The van der Waals surface area contributed by atoms with Crippen LogP contribution in [0.5, 0.6) is 17.5 Å². The third-order valence-corrected chi connectivity index (χ3v) is 8.01. The molecule has 0 radical (unpaired) electrons. The van der Waals surface area contributed by atoms with Gasteiger partial charge in [0, 0.05) is 23.1 Å². The quantitative estimate of drug-likeness (QED) is 0.199. The number of fused-ring (bicyclic) bond motifs is 2. The van der Waals surface area contributed by atoms with Gasteiger partial charge in [0.2, 0.25) is 0 Å². The van der Waals surface area contributed by atoms with E-state index in [0.29, 0.717) is 26.5 Å². The maximum atomic E-state index is 15.2. The summed E-state index contributed by atoms with van der Waals surface area (Å²) >= 11 is 1.28. The van der Waals surface area contributed by atoms with Crippen molar-refractivity contribution in [1.29, 1.82) is 0 Å². The molecular weight excluding hydrogens is 615 g/mol. The molecule has 0 spiro atoms. The molecule has 6 rings (SSSR count). The number of carbonyl (C=O) groups excluding carboxylic acids is 1. The number of amides is 1. The summed E-state index contributed by atoms with van der Waals surface area (Å²) in [6.45, 7) is 1.70. The molecule has 0 aliphatic heterocycles. The molecule has 0 bridgehead atoms. The van der Waals surface area contributed by atoms with Gasteiger partial charge in [-0.25, -0.2) is 32.9 Å². The van der Waals surface area contributed by atoms with Crippen LogP contribution in [0, 0.1) is 12.7 Å². The van der Waals surface area contributed by atoms with Gasteiger partial charge in [0.1, 0.15) is 29.6 Å². The Bertz CT molecular complexity index is 1870. The van der Waals surface area contributed by atoms with Crippen molar-refractivity contribution >= 4 is 44.2 Å². The maximum Gasteiger partial charge on any atom is 0.412 e. The molecule has 1 aliphatic carbocycles. The molecule has 45 heavy (non-hydrogen) atoms. The molecule has 1 fully saturated rings. The van der Waals surface area contributed by atoms with Crippen LogP contribution in [0.3, 0.4) is 0 Å². The lowest BCUT2D eigenvalue weighted by Crippen LogP contribution is -2.32. The zero-order valence-corrected chi connectivity index (χ0v) is 24.7. The lowest BCUT2D eigenvalue weighted by atomic mass is 10.1. The number of nitrogens with zero attached hydrogens (tertiary/aromatic N) is 4. The zero-order chi connectivity index (χ0) is 31.7. The van der Waals surface area contributed by atoms with Crippen molar-refractivity contribution in [2.75, 3.05) is 25.6 Å². The molecule has 1 aliphatic rings. The number of benzene rings is 2. The van der Waals surface area contributed by atoms with Crippen LogP contribution in [0.2, 0.25) is 0 Å². The molecular formula is C30H26F3N5O6S. The molecule has 1 amide bonds. The maximum absolute atomic E-state index is 15.2. The minimum Gasteiger partial charge on any atom is -0.495 e. The van der Waals surface area contributed by atoms with Gasteiger partial charge >= 0.3 is 12.1 Å². The van der Waals surface area contributed by atoms with Crippen LogP contribution in [0.25, 0.3) is 31.7 Å². The Morgan fingerprint density at radius 2 is 1.87 bits per heavy atom. The highest BCUT2D eigenvalue weighted by Gasteiger charge is 2.50. The van der Waals surface area contributed by atoms with Gasteiger partial charge in [-0.2, -0.15) is 0 Å². The largest absolute Gasteiger partial charge is 0.495 e. The van der Waals surface area contributed by atoms with Crippen LogP contribution >= 0.6 is 11.3 Å². The second-order valence-electron chi connectivity index (χ2n) is 10.3. The Morgan fingerprint density at radius 3 is 2.62 bits per heavy atom. The number of aromatic nitrogens is 4. The summed E-state index contributed by atoms with van der Waals surface area (Å²) in [4.78, 5) is 29.4. The number of alkyl halides is 2. The predicted octanol–water partition coefficient (Wildman–Crippen LogP) is 5.92. The molecule has 15 heteroatoms. The molecule has 1 saturated carbocycles. The number of pyridine rings is 1. The molecule has 2 aromatic carbocycles. The predicted molar refractivity (Wildman–Crippen MR) is 159 cm³/mol. The summed E-state index contributed by atoms with van der Waals surface area (Å²) in [6, 6.07) is 8.35. The lowest BCUT2D eigenvalue weighted by Gasteiger charge is -2.21. The first kappa shape index (κ1) is 30.3. The van der Waals surface area contributed by atoms with Crippen molar-refractivity contribution < 1.29 is 42.0 Å². The van der Waals surface area contributed by atoms with Crippen molar-refractivity contribution in [2.45, 2.75) is 37.9 Å². The van der Waals surface area contributed by atoms with Gasteiger partial charge in [-0.05, 0) is 30.7 Å². The van der Waals surface area contributed by atoms with Crippen molar-refractivity contribution in [3.63, 3.8) is 0 Å². The fraction of sp³-hybridized carbons (Fsp3) is 0.300. The number of nitrogens with one attached hydrogen (secondary N) is 1. The standard InChI is InChI=1S/C30H26F3N5O6S/c1-15-5-16-7-18(41-2)14-34-26(16)19(6-15)27-38-21-8-20(31)22(9-25(21)45-27)43-23-10-30(32,33)11-24(23)44-29(40)37-17-12-35-28(36-13-17)42-4-3-39/h5-9,12-14,23-24,39H,3-4,10-11H2,1-2H3,(H,37,40)/t23?,24-/m0/s1. The average molecular weight is 642 g/mol. The Hall–Kier alpha value is -4.76. The van der Waals surface area contributed by atoms with E-state index in [1.54, 1.807) is 13.3 Å². The van der Waals surface area contributed by atoms with Crippen molar-refractivity contribution in [3.8, 4) is 28.1 Å². The smallest absolute Gasteiger partial charge is 0.412 e. The molecule has 0 saturated heterocycles. The molecule has 3 heterocycles. The summed E-state index contributed by atoms with van der Waals surface area (Å²) in [5.41, 5.74) is 2.90. The van der Waals surface area contributed by atoms with Crippen LogP contribution in [0.1, 0.15) is 18.4 Å². The number of hydrogen-bond donors (Lipinski definition) is 2. The van der Waals surface area contributed by atoms with Crippen molar-refractivity contribution in [1.82, 2.24) is 19.9 Å². The molecule has 234 valence electrons. The van der Waals surface area contributed by atoms with Crippen LogP contribution in [0.15, 0.2) is 48.9 Å². The highest BCUT2D eigenvalue weighted by atomic mass is 32.1. The van der Waals surface area contributed by atoms with E-state index in [1.165, 1.54) is 35.9 Å². The number of aliphatic hydroxyl groups excluding tert-OH is 1. The SMILES string of the molecule is COc1cnc2c(-c3nc4cc(F)c(OC5CC(F)(F)C[C@@H]5OC(=O)Nc5cnc(OCCO)nc5)cc4s3)cc(C)cc2c1. The van der Waals surface area contributed by atoms with Gasteiger partial charge in [0.15, 0.2) is 11.6 Å². The van der Waals surface area contributed by atoms with E-state index in [2.05, 4.69) is 25.3 Å². The number of hydrogen-bond acceptors (Lipinski definition) is 11. The highest BCUT2D eigenvalue weighted by molar-refractivity contribution is 7.21. The second kappa shape index (κ2) is 12.3. The van der Waals surface area contributed by atoms with E-state index in [0.717, 1.165) is 16.5 Å². The number of thiazole rings is 1.